The van der Waals surface area contributed by atoms with Crippen molar-refractivity contribution in [3.05, 3.63) is 47.3 Å². The molecule has 0 aliphatic rings. The van der Waals surface area contributed by atoms with Crippen molar-refractivity contribution in [1.29, 1.82) is 0 Å². The Morgan fingerprint density at radius 3 is 2.67 bits per heavy atom. The van der Waals surface area contributed by atoms with E-state index >= 15 is 0 Å². The lowest BCUT2D eigenvalue weighted by atomic mass is 10.1. The average Bonchev–Trinajstić information content (AvgIpc) is 2.73. The van der Waals surface area contributed by atoms with E-state index in [-0.39, 0.29) is 6.61 Å². The number of hydrogen-bond donors (Lipinski definition) is 1. The summed E-state index contributed by atoms with van der Waals surface area (Å²) in [5.74, 6) is 1.18. The van der Waals surface area contributed by atoms with Crippen LogP contribution < -0.4 is 4.74 Å². The number of aliphatic hydroxyl groups excluding tert-OH is 1. The van der Waals surface area contributed by atoms with Gasteiger partial charge in [0.25, 0.3) is 0 Å². The van der Waals surface area contributed by atoms with Crippen LogP contribution in [0.15, 0.2) is 30.3 Å². The number of benzene rings is 1. The van der Waals surface area contributed by atoms with E-state index in [0.29, 0.717) is 11.6 Å². The molecular formula is C16H17N3O2. The maximum absolute atomic E-state index is 9.54. The molecular weight excluding hydrogens is 266 g/mol. The van der Waals surface area contributed by atoms with Crippen molar-refractivity contribution in [3.8, 4) is 11.6 Å². The van der Waals surface area contributed by atoms with Gasteiger partial charge < -0.3 is 9.84 Å². The highest BCUT2D eigenvalue weighted by atomic mass is 16.5. The first kappa shape index (κ1) is 13.6. The Balaban J connectivity index is 2.08. The molecule has 5 nitrogen and oxygen atoms in total. The Hall–Kier alpha value is -2.40. The molecule has 2 aromatic heterocycles. The minimum Gasteiger partial charge on any atom is -0.435 e. The van der Waals surface area contributed by atoms with Gasteiger partial charge in [-0.25, -0.2) is 4.98 Å². The summed E-state index contributed by atoms with van der Waals surface area (Å²) >= 11 is 0. The number of pyridine rings is 1. The maximum atomic E-state index is 9.54. The number of ether oxygens (including phenoxy) is 1. The molecule has 0 unspecified atom stereocenters. The molecule has 1 N–H and O–H groups in total. The van der Waals surface area contributed by atoms with Gasteiger partial charge in [-0.15, -0.1) is 0 Å². The summed E-state index contributed by atoms with van der Waals surface area (Å²) in [4.78, 5) is 4.50. The van der Waals surface area contributed by atoms with Crippen LogP contribution in [0.25, 0.3) is 10.9 Å². The molecule has 0 bridgehead atoms. The number of fused-ring (bicyclic) bond motifs is 1. The molecule has 0 radical (unpaired) electrons. The number of rotatable bonds is 3. The van der Waals surface area contributed by atoms with Gasteiger partial charge in [0.2, 0.25) is 5.88 Å². The molecule has 108 valence electrons. The second-order valence-electron chi connectivity index (χ2n) is 5.02. The van der Waals surface area contributed by atoms with Crippen LogP contribution in [0.5, 0.6) is 11.6 Å². The predicted molar refractivity (Wildman–Crippen MR) is 80.4 cm³/mol. The van der Waals surface area contributed by atoms with Crippen molar-refractivity contribution in [2.75, 3.05) is 0 Å². The van der Waals surface area contributed by atoms with Gasteiger partial charge in [-0.05, 0) is 25.5 Å². The first-order valence-corrected chi connectivity index (χ1v) is 6.77. The van der Waals surface area contributed by atoms with Crippen LogP contribution in [0.4, 0.5) is 0 Å². The molecule has 0 spiro atoms. The summed E-state index contributed by atoms with van der Waals surface area (Å²) in [6.45, 7) is 3.80. The Labute approximate surface area is 122 Å². The quantitative estimate of drug-likeness (QED) is 0.803. The van der Waals surface area contributed by atoms with E-state index in [9.17, 15) is 5.11 Å². The van der Waals surface area contributed by atoms with Crippen LogP contribution >= 0.6 is 0 Å². The van der Waals surface area contributed by atoms with E-state index in [0.717, 1.165) is 27.9 Å². The fourth-order valence-corrected chi connectivity index (χ4v) is 2.41. The Bertz CT molecular complexity index is 809. The minimum absolute atomic E-state index is 0.0512. The first-order valence-electron chi connectivity index (χ1n) is 6.77. The molecule has 1 aromatic carbocycles. The highest BCUT2D eigenvalue weighted by Gasteiger charge is 2.13. The molecule has 5 heteroatoms. The standard InChI is InChI=1S/C16H17N3O2/c1-10-16(11(2)19(3)18-10)21-15-8-12(9-20)13-6-4-5-7-14(13)17-15/h4-8,20H,9H2,1-3H3. The molecule has 0 saturated heterocycles. The number of hydrogen-bond acceptors (Lipinski definition) is 4. The molecule has 0 amide bonds. The molecule has 0 saturated carbocycles. The molecule has 0 fully saturated rings. The zero-order chi connectivity index (χ0) is 15.0. The van der Waals surface area contributed by atoms with Gasteiger partial charge in [0.05, 0.1) is 17.8 Å². The third-order valence-corrected chi connectivity index (χ3v) is 3.60. The van der Waals surface area contributed by atoms with Crippen molar-refractivity contribution >= 4 is 10.9 Å². The molecule has 0 aliphatic carbocycles. The number of aromatic nitrogens is 3. The van der Waals surface area contributed by atoms with E-state index < -0.39 is 0 Å². The molecule has 3 aromatic rings. The lowest BCUT2D eigenvalue weighted by Crippen LogP contribution is -1.96. The zero-order valence-electron chi connectivity index (χ0n) is 12.3. The maximum Gasteiger partial charge on any atom is 0.220 e. The van der Waals surface area contributed by atoms with Gasteiger partial charge >= 0.3 is 0 Å². The highest BCUT2D eigenvalue weighted by molar-refractivity contribution is 5.82. The molecule has 21 heavy (non-hydrogen) atoms. The molecule has 3 rings (SSSR count). The van der Waals surface area contributed by atoms with Crippen molar-refractivity contribution in [3.63, 3.8) is 0 Å². The predicted octanol–water partition coefficient (Wildman–Crippen LogP) is 2.87. The fraction of sp³-hybridized carbons (Fsp3) is 0.250. The number of aliphatic hydroxyl groups is 1. The summed E-state index contributed by atoms with van der Waals surface area (Å²) in [5.41, 5.74) is 3.36. The van der Waals surface area contributed by atoms with E-state index in [4.69, 9.17) is 4.74 Å². The summed E-state index contributed by atoms with van der Waals surface area (Å²) in [6, 6.07) is 9.47. The Morgan fingerprint density at radius 2 is 2.00 bits per heavy atom. The highest BCUT2D eigenvalue weighted by Crippen LogP contribution is 2.29. The van der Waals surface area contributed by atoms with Crippen molar-refractivity contribution in [1.82, 2.24) is 14.8 Å². The van der Waals surface area contributed by atoms with E-state index in [1.165, 1.54) is 0 Å². The largest absolute Gasteiger partial charge is 0.435 e. The minimum atomic E-state index is -0.0512. The van der Waals surface area contributed by atoms with Crippen molar-refractivity contribution in [2.45, 2.75) is 20.5 Å². The van der Waals surface area contributed by atoms with E-state index in [1.807, 2.05) is 45.2 Å². The average molecular weight is 283 g/mol. The van der Waals surface area contributed by atoms with Crippen LogP contribution in [-0.2, 0) is 13.7 Å². The SMILES string of the molecule is Cc1nn(C)c(C)c1Oc1cc(CO)c2ccccc2n1. The second kappa shape index (κ2) is 5.18. The third kappa shape index (κ3) is 2.36. The molecule has 2 heterocycles. The third-order valence-electron chi connectivity index (χ3n) is 3.60. The summed E-state index contributed by atoms with van der Waals surface area (Å²) in [7, 11) is 1.88. The summed E-state index contributed by atoms with van der Waals surface area (Å²) in [6.07, 6.45) is 0. The van der Waals surface area contributed by atoms with Crippen LogP contribution in [-0.4, -0.2) is 19.9 Å². The zero-order valence-corrected chi connectivity index (χ0v) is 12.3. The summed E-state index contributed by atoms with van der Waals surface area (Å²) < 4.78 is 7.68. The van der Waals surface area contributed by atoms with Gasteiger partial charge in [-0.3, -0.25) is 4.68 Å². The Morgan fingerprint density at radius 1 is 1.24 bits per heavy atom. The normalized spacial score (nSPS) is 11.0. The first-order chi connectivity index (χ1) is 10.1. The van der Waals surface area contributed by atoms with Gasteiger partial charge in [0, 0.05) is 18.5 Å². The number of para-hydroxylation sites is 1. The number of nitrogens with zero attached hydrogens (tertiary/aromatic N) is 3. The van der Waals surface area contributed by atoms with Crippen LogP contribution in [0.3, 0.4) is 0 Å². The monoisotopic (exact) mass is 283 g/mol. The second-order valence-corrected chi connectivity index (χ2v) is 5.02. The summed E-state index contributed by atoms with van der Waals surface area (Å²) in [5, 5.41) is 14.8. The fourth-order valence-electron chi connectivity index (χ4n) is 2.41. The lowest BCUT2D eigenvalue weighted by Gasteiger charge is -2.09. The van der Waals surface area contributed by atoms with Crippen molar-refractivity contribution < 1.29 is 9.84 Å². The van der Waals surface area contributed by atoms with Gasteiger partial charge in [0.15, 0.2) is 5.75 Å². The van der Waals surface area contributed by atoms with Gasteiger partial charge in [0.1, 0.15) is 5.69 Å². The van der Waals surface area contributed by atoms with Crippen LogP contribution in [0.1, 0.15) is 17.0 Å². The van der Waals surface area contributed by atoms with E-state index in [2.05, 4.69) is 10.1 Å². The molecule has 0 atom stereocenters. The van der Waals surface area contributed by atoms with Crippen molar-refractivity contribution in [2.24, 2.45) is 7.05 Å². The lowest BCUT2D eigenvalue weighted by molar-refractivity contribution is 0.282. The smallest absolute Gasteiger partial charge is 0.220 e. The van der Waals surface area contributed by atoms with Gasteiger partial charge in [-0.2, -0.15) is 5.10 Å². The van der Waals surface area contributed by atoms with Gasteiger partial charge in [-0.1, -0.05) is 18.2 Å². The Kier molecular flexibility index (Phi) is 3.35. The molecule has 0 aliphatic heterocycles. The topological polar surface area (TPSA) is 60.2 Å². The number of aryl methyl sites for hydroxylation is 2. The van der Waals surface area contributed by atoms with Crippen LogP contribution in [0, 0.1) is 13.8 Å². The van der Waals surface area contributed by atoms with E-state index in [1.54, 1.807) is 10.7 Å². The van der Waals surface area contributed by atoms with Crippen LogP contribution in [0.2, 0.25) is 0 Å².